The molecule has 2 heterocycles. The van der Waals surface area contributed by atoms with E-state index in [-0.39, 0.29) is 42.4 Å². The fourth-order valence-electron chi connectivity index (χ4n) is 7.64. The lowest BCUT2D eigenvalue weighted by Crippen LogP contribution is -2.60. The first-order valence-electron chi connectivity index (χ1n) is 13.7. The van der Waals surface area contributed by atoms with E-state index in [4.69, 9.17) is 23.2 Å². The largest absolute Gasteiger partial charge is 0.508 e. The summed E-state index contributed by atoms with van der Waals surface area (Å²) in [5.41, 5.74) is 1.73. The molecule has 6 unspecified atom stereocenters. The van der Waals surface area contributed by atoms with E-state index in [1.807, 2.05) is 60.7 Å². The molecular formula is C32H25BrCl2N2O5. The topological polar surface area (TPSA) is 95.0 Å². The van der Waals surface area contributed by atoms with Gasteiger partial charge in [0.05, 0.1) is 23.8 Å². The van der Waals surface area contributed by atoms with Crippen LogP contribution in [0.1, 0.15) is 29.9 Å². The molecule has 2 saturated heterocycles. The van der Waals surface area contributed by atoms with Crippen molar-refractivity contribution in [3.05, 3.63) is 89.5 Å². The van der Waals surface area contributed by atoms with Gasteiger partial charge in [-0.25, -0.2) is 0 Å². The molecule has 3 aromatic carbocycles. The van der Waals surface area contributed by atoms with Crippen molar-refractivity contribution < 1.29 is 24.3 Å². The Morgan fingerprint density at radius 3 is 2.31 bits per heavy atom. The smallest absolute Gasteiger partial charge is 0.254 e. The number of carbonyl (C=O) groups is 4. The Kier molecular flexibility index (Phi) is 6.35. The molecule has 0 bridgehead atoms. The molecule has 7 rings (SSSR count). The van der Waals surface area contributed by atoms with Crippen LogP contribution in [0.2, 0.25) is 0 Å². The van der Waals surface area contributed by atoms with Crippen LogP contribution < -0.4 is 0 Å². The van der Waals surface area contributed by atoms with E-state index in [0.29, 0.717) is 16.5 Å². The summed E-state index contributed by atoms with van der Waals surface area (Å²) in [5.74, 6) is -5.12. The minimum atomic E-state index is -1.98. The van der Waals surface area contributed by atoms with Crippen molar-refractivity contribution in [2.75, 3.05) is 5.45 Å². The highest BCUT2D eigenvalue weighted by Gasteiger charge is 2.76. The number of rotatable bonds is 4. The third-order valence-corrected chi connectivity index (χ3v) is 11.4. The summed E-state index contributed by atoms with van der Waals surface area (Å²) in [6, 6.07) is 20.0. The highest BCUT2D eigenvalue weighted by molar-refractivity contribution is 9.09. The van der Waals surface area contributed by atoms with E-state index in [1.54, 1.807) is 12.1 Å². The first-order chi connectivity index (χ1) is 20.1. The van der Waals surface area contributed by atoms with Crippen molar-refractivity contribution in [3.8, 4) is 5.75 Å². The number of imide groups is 2. The van der Waals surface area contributed by atoms with Crippen LogP contribution in [0.15, 0.2) is 78.4 Å². The zero-order chi connectivity index (χ0) is 29.6. The van der Waals surface area contributed by atoms with Crippen LogP contribution in [-0.2, 0) is 25.7 Å². The van der Waals surface area contributed by atoms with Crippen molar-refractivity contribution in [3.63, 3.8) is 0 Å². The second-order valence-electron chi connectivity index (χ2n) is 11.5. The van der Waals surface area contributed by atoms with Gasteiger partial charge in [0.2, 0.25) is 11.8 Å². The fraction of sp³-hybridized carbons (Fsp3) is 0.312. The van der Waals surface area contributed by atoms with Gasteiger partial charge in [-0.3, -0.25) is 29.0 Å². The summed E-state index contributed by atoms with van der Waals surface area (Å²) in [5, 5.41) is 12.8. The van der Waals surface area contributed by atoms with Crippen molar-refractivity contribution in [1.82, 2.24) is 9.80 Å². The summed E-state index contributed by atoms with van der Waals surface area (Å²) < 4.78 is 0. The number of nitrogens with zero attached hydrogens (tertiary/aromatic N) is 2. The number of allylic oxidation sites excluding steroid dienone is 2. The summed E-state index contributed by atoms with van der Waals surface area (Å²) in [7, 11) is 0. The molecule has 4 aliphatic rings. The van der Waals surface area contributed by atoms with Crippen LogP contribution in [0, 0.1) is 17.8 Å². The van der Waals surface area contributed by atoms with Crippen LogP contribution in [0.5, 0.6) is 5.75 Å². The van der Waals surface area contributed by atoms with Crippen molar-refractivity contribution in [2.45, 2.75) is 35.1 Å². The zero-order valence-electron chi connectivity index (χ0n) is 22.2. The van der Waals surface area contributed by atoms with E-state index in [1.165, 1.54) is 4.90 Å². The molecule has 10 heteroatoms. The number of phenolic OH excluding ortho intramolecular Hbond substituents is 1. The molecule has 7 nitrogen and oxygen atoms in total. The van der Waals surface area contributed by atoms with Crippen LogP contribution in [-0.4, -0.2) is 53.7 Å². The number of carbonyl (C=O) groups excluding carboxylic acids is 4. The lowest BCUT2D eigenvalue weighted by atomic mass is 9.56. The highest BCUT2D eigenvalue weighted by Crippen LogP contribution is 2.66. The summed E-state index contributed by atoms with van der Waals surface area (Å²) in [4.78, 5) is 54.0. The molecule has 0 aromatic heterocycles. The first-order valence-corrected chi connectivity index (χ1v) is 15.6. The number of phenols is 1. The molecule has 2 aliphatic heterocycles. The lowest BCUT2D eigenvalue weighted by Gasteiger charge is -2.51. The molecule has 2 aliphatic carbocycles. The van der Waals surface area contributed by atoms with Crippen LogP contribution >= 0.6 is 39.1 Å². The minimum absolute atomic E-state index is 0.0979. The SMILES string of the molecule is O=C1C2CC=C3C(CC4(Cl)C(=O)N(CBr)C(=O)C4(Cl)C3c3c(O)ccc4ccccc34)C2C(=O)N1Cc1ccccc1. The lowest BCUT2D eigenvalue weighted by molar-refractivity contribution is -0.141. The molecule has 0 spiro atoms. The number of benzene rings is 3. The Balaban J connectivity index is 1.42. The van der Waals surface area contributed by atoms with Gasteiger partial charge in [-0.1, -0.05) is 88.2 Å². The molecule has 1 N–H and O–H groups in total. The molecule has 3 fully saturated rings. The number of alkyl halides is 3. The van der Waals surface area contributed by atoms with Gasteiger partial charge in [0.25, 0.3) is 11.8 Å². The predicted octanol–water partition coefficient (Wildman–Crippen LogP) is 5.46. The number of hydrogen-bond donors (Lipinski definition) is 1. The fourth-order valence-corrected chi connectivity index (χ4v) is 9.05. The van der Waals surface area contributed by atoms with Crippen LogP contribution in [0.25, 0.3) is 10.8 Å². The third kappa shape index (κ3) is 3.52. The number of hydrogen-bond acceptors (Lipinski definition) is 5. The normalized spacial score (nSPS) is 32.2. The average Bonchev–Trinajstić information content (AvgIpc) is 3.31. The maximum absolute atomic E-state index is 14.1. The summed E-state index contributed by atoms with van der Waals surface area (Å²) >= 11 is 17.9. The second kappa shape index (κ2) is 9.66. The summed E-state index contributed by atoms with van der Waals surface area (Å²) in [6.45, 7) is 0.140. The van der Waals surface area contributed by atoms with E-state index in [9.17, 15) is 24.3 Å². The van der Waals surface area contributed by atoms with E-state index >= 15 is 0 Å². The van der Waals surface area contributed by atoms with E-state index < -0.39 is 45.2 Å². The van der Waals surface area contributed by atoms with Crippen molar-refractivity contribution in [1.29, 1.82) is 0 Å². The van der Waals surface area contributed by atoms with Gasteiger partial charge in [-0.2, -0.15) is 0 Å². The number of fused-ring (bicyclic) bond motifs is 5. The maximum Gasteiger partial charge on any atom is 0.254 e. The van der Waals surface area contributed by atoms with Gasteiger partial charge >= 0.3 is 0 Å². The third-order valence-electron chi connectivity index (χ3n) is 9.53. The average molecular weight is 668 g/mol. The van der Waals surface area contributed by atoms with Gasteiger partial charge in [-0.15, -0.1) is 23.2 Å². The Bertz CT molecular complexity index is 1730. The second-order valence-corrected chi connectivity index (χ2v) is 13.2. The number of amides is 4. The molecule has 214 valence electrons. The molecular weight excluding hydrogens is 643 g/mol. The summed E-state index contributed by atoms with van der Waals surface area (Å²) in [6.07, 6.45) is 2.05. The molecule has 6 atom stereocenters. The molecule has 0 radical (unpaired) electrons. The number of aromatic hydroxyl groups is 1. The number of likely N-dealkylation sites (tertiary alicyclic amines) is 2. The van der Waals surface area contributed by atoms with Crippen molar-refractivity contribution >= 4 is 73.5 Å². The standard InChI is InChI=1S/C32H25BrCl2N2O5/c33-16-37-29(41)31(34)14-22-20(11-12-21-24(22)28(40)36(27(21)39)15-17-6-2-1-3-7-17)26(32(31,35)30(37)42)25-19-9-5-4-8-18(19)10-13-23(25)38/h1-11,13,21-22,24,26,38H,12,14-16H2. The Labute approximate surface area is 260 Å². The minimum Gasteiger partial charge on any atom is -0.508 e. The Morgan fingerprint density at radius 1 is 0.857 bits per heavy atom. The van der Waals surface area contributed by atoms with Crippen molar-refractivity contribution in [2.24, 2.45) is 17.8 Å². The molecule has 1 saturated carbocycles. The van der Waals surface area contributed by atoms with E-state index in [2.05, 4.69) is 15.9 Å². The molecule has 4 amide bonds. The molecule has 42 heavy (non-hydrogen) atoms. The van der Waals surface area contributed by atoms with Gasteiger partial charge in [-0.05, 0) is 41.2 Å². The van der Waals surface area contributed by atoms with Gasteiger partial charge < -0.3 is 5.11 Å². The quantitative estimate of drug-likeness (QED) is 0.173. The Morgan fingerprint density at radius 2 is 1.57 bits per heavy atom. The van der Waals surface area contributed by atoms with Gasteiger partial charge in [0.15, 0.2) is 9.75 Å². The zero-order valence-corrected chi connectivity index (χ0v) is 25.3. The predicted molar refractivity (Wildman–Crippen MR) is 161 cm³/mol. The van der Waals surface area contributed by atoms with E-state index in [0.717, 1.165) is 15.8 Å². The van der Waals surface area contributed by atoms with Gasteiger partial charge in [0, 0.05) is 11.5 Å². The Hall–Kier alpha value is -3.20. The molecule has 3 aromatic rings. The van der Waals surface area contributed by atoms with Crippen LogP contribution in [0.4, 0.5) is 0 Å². The monoisotopic (exact) mass is 666 g/mol. The first kappa shape index (κ1) is 27.6. The highest BCUT2D eigenvalue weighted by atomic mass is 79.9. The number of halogens is 3. The van der Waals surface area contributed by atoms with Crippen LogP contribution in [0.3, 0.4) is 0 Å². The maximum atomic E-state index is 14.1. The van der Waals surface area contributed by atoms with Gasteiger partial charge in [0.1, 0.15) is 5.75 Å².